The highest BCUT2D eigenvalue weighted by Crippen LogP contribution is 2.33. The molecule has 6 nitrogen and oxygen atoms in total. The van der Waals surface area contributed by atoms with Gasteiger partial charge in [-0.05, 0) is 42.8 Å². The molecule has 0 aliphatic carbocycles. The van der Waals surface area contributed by atoms with Crippen molar-refractivity contribution in [3.63, 3.8) is 0 Å². The molecule has 3 amide bonds. The Morgan fingerprint density at radius 2 is 1.73 bits per heavy atom. The number of rotatable bonds is 4. The predicted molar refractivity (Wildman–Crippen MR) is 88.6 cm³/mol. The molecule has 0 saturated heterocycles. The van der Waals surface area contributed by atoms with Crippen LogP contribution in [-0.2, 0) is 6.18 Å². The zero-order valence-corrected chi connectivity index (χ0v) is 13.6. The van der Waals surface area contributed by atoms with Crippen molar-refractivity contribution in [3.8, 4) is 5.75 Å². The average Bonchev–Trinajstić information content (AvgIpc) is 2.53. The molecule has 2 aromatic carbocycles. The molecule has 1 atom stereocenters. The molecule has 26 heavy (non-hydrogen) atoms. The van der Waals surface area contributed by atoms with Gasteiger partial charge in [-0.25, -0.2) is 4.79 Å². The first-order chi connectivity index (χ1) is 12.1. The van der Waals surface area contributed by atoms with Gasteiger partial charge < -0.3 is 21.5 Å². The van der Waals surface area contributed by atoms with E-state index in [2.05, 4.69) is 10.6 Å². The number of carbonyl (C=O) groups excluding carboxylic acids is 2. The summed E-state index contributed by atoms with van der Waals surface area (Å²) < 4.78 is 39.1. The summed E-state index contributed by atoms with van der Waals surface area (Å²) in [5, 5.41) is 14.2. The number of nitrogens with one attached hydrogen (secondary N) is 2. The van der Waals surface area contributed by atoms with Gasteiger partial charge in [0.25, 0.3) is 5.91 Å². The van der Waals surface area contributed by atoms with E-state index in [9.17, 15) is 27.9 Å². The minimum absolute atomic E-state index is 0.437. The summed E-state index contributed by atoms with van der Waals surface area (Å²) >= 11 is 0. The van der Waals surface area contributed by atoms with Crippen molar-refractivity contribution in [1.29, 1.82) is 0 Å². The van der Waals surface area contributed by atoms with Gasteiger partial charge in [0.15, 0.2) is 0 Å². The molecule has 0 saturated carbocycles. The SMILES string of the molecule is CC(NC(=O)c1cc(O)ccc1C(F)(F)F)c1ccc(NC(N)=O)cc1. The fourth-order valence-corrected chi connectivity index (χ4v) is 2.32. The first kappa shape index (κ1) is 19.1. The van der Waals surface area contributed by atoms with Crippen molar-refractivity contribution in [3.05, 3.63) is 59.2 Å². The van der Waals surface area contributed by atoms with Gasteiger partial charge in [0.05, 0.1) is 17.2 Å². The molecule has 0 aromatic heterocycles. The molecule has 0 heterocycles. The first-order valence-electron chi connectivity index (χ1n) is 7.45. The number of hydrogen-bond acceptors (Lipinski definition) is 3. The third-order valence-corrected chi connectivity index (χ3v) is 3.58. The van der Waals surface area contributed by atoms with Crippen LogP contribution in [-0.4, -0.2) is 17.0 Å². The quantitative estimate of drug-likeness (QED) is 0.666. The Kier molecular flexibility index (Phi) is 5.39. The van der Waals surface area contributed by atoms with Gasteiger partial charge in [-0.2, -0.15) is 13.2 Å². The second-order valence-corrected chi connectivity index (χ2v) is 5.53. The second kappa shape index (κ2) is 7.34. The summed E-state index contributed by atoms with van der Waals surface area (Å²) in [6.45, 7) is 1.59. The smallest absolute Gasteiger partial charge is 0.417 e. The molecular weight excluding hydrogens is 351 g/mol. The number of halogens is 3. The van der Waals surface area contributed by atoms with E-state index in [-0.39, 0.29) is 0 Å². The number of aromatic hydroxyl groups is 1. The van der Waals surface area contributed by atoms with E-state index in [0.717, 1.165) is 12.1 Å². The molecule has 0 radical (unpaired) electrons. The number of carbonyl (C=O) groups is 2. The Balaban J connectivity index is 2.19. The van der Waals surface area contributed by atoms with Crippen LogP contribution in [0.2, 0.25) is 0 Å². The number of phenols is 1. The summed E-state index contributed by atoms with van der Waals surface area (Å²) in [5.41, 5.74) is 4.22. The third-order valence-electron chi connectivity index (χ3n) is 3.58. The lowest BCUT2D eigenvalue weighted by atomic mass is 10.0. The van der Waals surface area contributed by atoms with Crippen molar-refractivity contribution in [1.82, 2.24) is 5.32 Å². The van der Waals surface area contributed by atoms with Crippen molar-refractivity contribution in [2.24, 2.45) is 5.73 Å². The molecule has 0 aliphatic heterocycles. The van der Waals surface area contributed by atoms with E-state index < -0.39 is 41.0 Å². The molecule has 138 valence electrons. The monoisotopic (exact) mass is 367 g/mol. The van der Waals surface area contributed by atoms with Gasteiger partial charge in [-0.15, -0.1) is 0 Å². The number of urea groups is 1. The van der Waals surface area contributed by atoms with Crippen LogP contribution in [0.1, 0.15) is 34.5 Å². The number of alkyl halides is 3. The van der Waals surface area contributed by atoms with Crippen molar-refractivity contribution in [2.45, 2.75) is 19.1 Å². The molecule has 0 aliphatic rings. The highest BCUT2D eigenvalue weighted by Gasteiger charge is 2.35. The first-order valence-corrected chi connectivity index (χ1v) is 7.45. The van der Waals surface area contributed by atoms with Crippen LogP contribution in [0.3, 0.4) is 0 Å². The number of hydrogen-bond donors (Lipinski definition) is 4. The maximum atomic E-state index is 13.0. The van der Waals surface area contributed by atoms with E-state index in [4.69, 9.17) is 5.73 Å². The maximum absolute atomic E-state index is 13.0. The van der Waals surface area contributed by atoms with E-state index in [1.54, 1.807) is 19.1 Å². The van der Waals surface area contributed by atoms with E-state index in [0.29, 0.717) is 17.3 Å². The standard InChI is InChI=1S/C17H16F3N3O3/c1-9(10-2-4-11(5-3-10)23-16(21)26)22-15(25)13-8-12(24)6-7-14(13)17(18,19)20/h2-9,24H,1H3,(H,22,25)(H3,21,23,26). The predicted octanol–water partition coefficient (Wildman–Crippen LogP) is 3.39. The molecule has 9 heteroatoms. The van der Waals surface area contributed by atoms with E-state index in [1.165, 1.54) is 12.1 Å². The molecule has 2 rings (SSSR count). The van der Waals surface area contributed by atoms with Gasteiger partial charge in [0.2, 0.25) is 0 Å². The lowest BCUT2D eigenvalue weighted by Crippen LogP contribution is -2.28. The lowest BCUT2D eigenvalue weighted by Gasteiger charge is -2.17. The van der Waals surface area contributed by atoms with Crippen LogP contribution in [0, 0.1) is 0 Å². The fourth-order valence-electron chi connectivity index (χ4n) is 2.32. The zero-order valence-electron chi connectivity index (χ0n) is 13.6. The number of nitrogens with two attached hydrogens (primary N) is 1. The summed E-state index contributed by atoms with van der Waals surface area (Å²) in [6, 6.07) is 7.19. The van der Waals surface area contributed by atoms with Crippen LogP contribution >= 0.6 is 0 Å². The number of amides is 3. The molecule has 0 spiro atoms. The zero-order chi connectivity index (χ0) is 19.5. The van der Waals surface area contributed by atoms with Gasteiger partial charge in [-0.1, -0.05) is 12.1 Å². The minimum atomic E-state index is -4.73. The Morgan fingerprint density at radius 3 is 2.27 bits per heavy atom. The summed E-state index contributed by atoms with van der Waals surface area (Å²) in [7, 11) is 0. The van der Waals surface area contributed by atoms with Crippen molar-refractivity contribution in [2.75, 3.05) is 5.32 Å². The molecule has 2 aromatic rings. The molecule has 0 fully saturated rings. The topological polar surface area (TPSA) is 104 Å². The fraction of sp³-hybridized carbons (Fsp3) is 0.176. The van der Waals surface area contributed by atoms with Crippen LogP contribution in [0.5, 0.6) is 5.75 Å². The maximum Gasteiger partial charge on any atom is 0.417 e. The Hall–Kier alpha value is -3.23. The third kappa shape index (κ3) is 4.65. The van der Waals surface area contributed by atoms with Crippen molar-refractivity contribution < 1.29 is 27.9 Å². The summed E-state index contributed by atoms with van der Waals surface area (Å²) in [4.78, 5) is 23.0. The van der Waals surface area contributed by atoms with Gasteiger partial charge in [0.1, 0.15) is 5.75 Å². The van der Waals surface area contributed by atoms with Crippen LogP contribution in [0.4, 0.5) is 23.7 Å². The van der Waals surface area contributed by atoms with Gasteiger partial charge >= 0.3 is 12.2 Å². The van der Waals surface area contributed by atoms with Gasteiger partial charge in [0, 0.05) is 5.69 Å². The number of primary amides is 1. The minimum Gasteiger partial charge on any atom is -0.508 e. The Labute approximate surface area is 146 Å². The lowest BCUT2D eigenvalue weighted by molar-refractivity contribution is -0.137. The summed E-state index contributed by atoms with van der Waals surface area (Å²) in [5.74, 6) is -1.42. The Morgan fingerprint density at radius 1 is 1.12 bits per heavy atom. The Bertz CT molecular complexity index is 820. The van der Waals surface area contributed by atoms with Crippen LogP contribution < -0.4 is 16.4 Å². The molecule has 1 unspecified atom stereocenters. The highest BCUT2D eigenvalue weighted by molar-refractivity contribution is 5.96. The average molecular weight is 367 g/mol. The van der Waals surface area contributed by atoms with E-state index in [1.807, 2.05) is 0 Å². The van der Waals surface area contributed by atoms with Gasteiger partial charge in [-0.3, -0.25) is 4.79 Å². The molecule has 5 N–H and O–H groups in total. The van der Waals surface area contributed by atoms with E-state index >= 15 is 0 Å². The highest BCUT2D eigenvalue weighted by atomic mass is 19.4. The largest absolute Gasteiger partial charge is 0.508 e. The molecular formula is C17H16F3N3O3. The summed E-state index contributed by atoms with van der Waals surface area (Å²) in [6.07, 6.45) is -4.73. The van der Waals surface area contributed by atoms with Crippen molar-refractivity contribution >= 4 is 17.6 Å². The normalized spacial score (nSPS) is 12.3. The second-order valence-electron chi connectivity index (χ2n) is 5.53. The van der Waals surface area contributed by atoms with Crippen LogP contribution in [0.25, 0.3) is 0 Å². The number of phenolic OH excluding ortho intramolecular Hbond substituents is 1. The van der Waals surface area contributed by atoms with Crippen LogP contribution in [0.15, 0.2) is 42.5 Å². The number of anilines is 1. The number of benzene rings is 2. The molecule has 0 bridgehead atoms.